The summed E-state index contributed by atoms with van der Waals surface area (Å²) in [6, 6.07) is 14.4. The summed E-state index contributed by atoms with van der Waals surface area (Å²) < 4.78 is 13.1. The summed E-state index contributed by atoms with van der Waals surface area (Å²) in [6.45, 7) is 1.40. The maximum atomic E-state index is 13.1. The highest BCUT2D eigenvalue weighted by Crippen LogP contribution is 2.22. The highest BCUT2D eigenvalue weighted by Gasteiger charge is 2.25. The maximum absolute atomic E-state index is 13.1. The zero-order chi connectivity index (χ0) is 13.9. The number of aryl methyl sites for hydroxylation is 1. The van der Waals surface area contributed by atoms with Crippen LogP contribution < -0.4 is 0 Å². The van der Waals surface area contributed by atoms with E-state index in [4.69, 9.17) is 0 Å². The minimum absolute atomic E-state index is 0.111. The predicted octanol–water partition coefficient (Wildman–Crippen LogP) is 3.41. The standard InChI is InChI=1S/C17H16FNO/c18-15-8-3-5-13(11-15)6-4-10-19-12-14-7-1-2-9-16(14)17(19)20/h1-3,5,7-9,11H,4,6,10,12H2. The van der Waals surface area contributed by atoms with Gasteiger partial charge in [0, 0.05) is 18.7 Å². The molecule has 0 aliphatic carbocycles. The Labute approximate surface area is 117 Å². The number of nitrogens with zero attached hydrogens (tertiary/aromatic N) is 1. The highest BCUT2D eigenvalue weighted by molar-refractivity contribution is 5.98. The van der Waals surface area contributed by atoms with Crippen molar-refractivity contribution in [1.29, 1.82) is 0 Å². The van der Waals surface area contributed by atoms with Crippen LogP contribution in [-0.4, -0.2) is 17.4 Å². The molecule has 3 rings (SSSR count). The van der Waals surface area contributed by atoms with Gasteiger partial charge in [0.05, 0.1) is 0 Å². The number of hydrogen-bond donors (Lipinski definition) is 0. The number of carbonyl (C=O) groups excluding carboxylic acids is 1. The molecular weight excluding hydrogens is 253 g/mol. The number of hydrogen-bond acceptors (Lipinski definition) is 1. The molecule has 0 unspecified atom stereocenters. The second-order valence-corrected chi connectivity index (χ2v) is 5.12. The van der Waals surface area contributed by atoms with Crippen LogP contribution in [-0.2, 0) is 13.0 Å². The van der Waals surface area contributed by atoms with Crippen molar-refractivity contribution in [3.63, 3.8) is 0 Å². The first-order valence-electron chi connectivity index (χ1n) is 6.85. The predicted molar refractivity (Wildman–Crippen MR) is 75.9 cm³/mol. The zero-order valence-electron chi connectivity index (χ0n) is 11.2. The summed E-state index contributed by atoms with van der Waals surface area (Å²) in [5.74, 6) is -0.0907. The van der Waals surface area contributed by atoms with Crippen molar-refractivity contribution >= 4 is 5.91 Å². The van der Waals surface area contributed by atoms with Crippen LogP contribution in [0.15, 0.2) is 48.5 Å². The molecule has 2 nitrogen and oxygen atoms in total. The summed E-state index contributed by atoms with van der Waals surface area (Å²) >= 11 is 0. The molecule has 0 atom stereocenters. The zero-order valence-corrected chi connectivity index (χ0v) is 11.2. The van der Waals surface area contributed by atoms with Crippen molar-refractivity contribution in [2.24, 2.45) is 0 Å². The maximum Gasteiger partial charge on any atom is 0.254 e. The van der Waals surface area contributed by atoms with Gasteiger partial charge in [-0.15, -0.1) is 0 Å². The van der Waals surface area contributed by atoms with Crippen molar-refractivity contribution < 1.29 is 9.18 Å². The quantitative estimate of drug-likeness (QED) is 0.833. The molecule has 0 radical (unpaired) electrons. The van der Waals surface area contributed by atoms with Crippen LogP contribution in [0, 0.1) is 5.82 Å². The lowest BCUT2D eigenvalue weighted by Gasteiger charge is -2.15. The van der Waals surface area contributed by atoms with Gasteiger partial charge in [-0.2, -0.15) is 0 Å². The molecule has 0 aromatic heterocycles. The molecule has 0 bridgehead atoms. The van der Waals surface area contributed by atoms with Gasteiger partial charge in [-0.25, -0.2) is 4.39 Å². The second kappa shape index (κ2) is 5.45. The van der Waals surface area contributed by atoms with Crippen LogP contribution in [0.1, 0.15) is 27.9 Å². The van der Waals surface area contributed by atoms with Crippen LogP contribution in [0.25, 0.3) is 0 Å². The Balaban J connectivity index is 1.57. The lowest BCUT2D eigenvalue weighted by atomic mass is 10.1. The third kappa shape index (κ3) is 2.57. The Morgan fingerprint density at radius 2 is 1.95 bits per heavy atom. The SMILES string of the molecule is O=C1c2ccccc2CN1CCCc1cccc(F)c1. The van der Waals surface area contributed by atoms with E-state index in [1.807, 2.05) is 35.2 Å². The fourth-order valence-electron chi connectivity index (χ4n) is 2.66. The fourth-order valence-corrected chi connectivity index (χ4v) is 2.66. The van der Waals surface area contributed by atoms with E-state index in [9.17, 15) is 9.18 Å². The average Bonchev–Trinajstić information content (AvgIpc) is 2.76. The molecule has 20 heavy (non-hydrogen) atoms. The molecule has 1 heterocycles. The number of amides is 1. The number of carbonyl (C=O) groups is 1. The Bertz CT molecular complexity index is 638. The van der Waals surface area contributed by atoms with Gasteiger partial charge in [0.2, 0.25) is 0 Å². The number of rotatable bonds is 4. The normalized spacial score (nSPS) is 13.7. The van der Waals surface area contributed by atoms with Crippen molar-refractivity contribution in [3.8, 4) is 0 Å². The van der Waals surface area contributed by atoms with Crippen LogP contribution in [0.2, 0.25) is 0 Å². The lowest BCUT2D eigenvalue weighted by molar-refractivity contribution is 0.0776. The molecule has 1 aliphatic heterocycles. The van der Waals surface area contributed by atoms with Gasteiger partial charge >= 0.3 is 0 Å². The van der Waals surface area contributed by atoms with Gasteiger partial charge in [-0.1, -0.05) is 30.3 Å². The Kier molecular flexibility index (Phi) is 3.50. The van der Waals surface area contributed by atoms with Gasteiger partial charge < -0.3 is 4.90 Å². The van der Waals surface area contributed by atoms with E-state index < -0.39 is 0 Å². The third-order valence-corrected chi connectivity index (χ3v) is 3.68. The fraction of sp³-hybridized carbons (Fsp3) is 0.235. The van der Waals surface area contributed by atoms with Crippen molar-refractivity contribution in [3.05, 3.63) is 71.0 Å². The van der Waals surface area contributed by atoms with Crippen molar-refractivity contribution in [2.75, 3.05) is 6.54 Å². The van der Waals surface area contributed by atoms with E-state index in [2.05, 4.69) is 0 Å². The first-order valence-corrected chi connectivity index (χ1v) is 6.85. The van der Waals surface area contributed by atoms with E-state index in [1.54, 1.807) is 12.1 Å². The molecule has 1 amide bonds. The molecule has 2 aromatic rings. The Morgan fingerprint density at radius 1 is 1.10 bits per heavy atom. The van der Waals surface area contributed by atoms with E-state index in [1.165, 1.54) is 6.07 Å². The first-order chi connectivity index (χ1) is 9.74. The molecule has 0 N–H and O–H groups in total. The van der Waals surface area contributed by atoms with Gasteiger partial charge in [-0.05, 0) is 42.2 Å². The number of halogens is 1. The topological polar surface area (TPSA) is 20.3 Å². The second-order valence-electron chi connectivity index (χ2n) is 5.12. The average molecular weight is 269 g/mol. The van der Waals surface area contributed by atoms with Crippen LogP contribution >= 0.6 is 0 Å². The highest BCUT2D eigenvalue weighted by atomic mass is 19.1. The summed E-state index contributed by atoms with van der Waals surface area (Å²) in [5.41, 5.74) is 2.90. The monoisotopic (exact) mass is 269 g/mol. The minimum Gasteiger partial charge on any atom is -0.334 e. The number of fused-ring (bicyclic) bond motifs is 1. The summed E-state index contributed by atoms with van der Waals surface area (Å²) in [5, 5.41) is 0. The molecule has 3 heteroatoms. The van der Waals surface area contributed by atoms with E-state index in [0.29, 0.717) is 13.1 Å². The molecule has 2 aromatic carbocycles. The van der Waals surface area contributed by atoms with Gasteiger partial charge in [0.25, 0.3) is 5.91 Å². The Hall–Kier alpha value is -2.16. The third-order valence-electron chi connectivity index (χ3n) is 3.68. The van der Waals surface area contributed by atoms with Crippen molar-refractivity contribution in [1.82, 2.24) is 4.90 Å². The molecule has 0 fully saturated rings. The van der Waals surface area contributed by atoms with Crippen LogP contribution in [0.4, 0.5) is 4.39 Å². The number of benzene rings is 2. The van der Waals surface area contributed by atoms with Gasteiger partial charge in [0.15, 0.2) is 0 Å². The smallest absolute Gasteiger partial charge is 0.254 e. The Morgan fingerprint density at radius 3 is 2.75 bits per heavy atom. The molecule has 0 spiro atoms. The summed E-state index contributed by atoms with van der Waals surface area (Å²) in [7, 11) is 0. The largest absolute Gasteiger partial charge is 0.334 e. The van der Waals surface area contributed by atoms with E-state index >= 15 is 0 Å². The van der Waals surface area contributed by atoms with Gasteiger partial charge in [-0.3, -0.25) is 4.79 Å². The lowest BCUT2D eigenvalue weighted by Crippen LogP contribution is -2.25. The molecule has 1 aliphatic rings. The molecule has 0 saturated heterocycles. The van der Waals surface area contributed by atoms with E-state index in [-0.39, 0.29) is 11.7 Å². The summed E-state index contributed by atoms with van der Waals surface area (Å²) in [6.07, 6.45) is 1.64. The van der Waals surface area contributed by atoms with Crippen LogP contribution in [0.3, 0.4) is 0 Å². The van der Waals surface area contributed by atoms with Crippen LogP contribution in [0.5, 0.6) is 0 Å². The van der Waals surface area contributed by atoms with Gasteiger partial charge in [0.1, 0.15) is 5.82 Å². The van der Waals surface area contributed by atoms with E-state index in [0.717, 1.165) is 29.5 Å². The minimum atomic E-state index is -0.202. The molecule has 0 saturated carbocycles. The first kappa shape index (κ1) is 12.9. The molecule has 102 valence electrons. The van der Waals surface area contributed by atoms with Crippen molar-refractivity contribution in [2.45, 2.75) is 19.4 Å². The summed E-state index contributed by atoms with van der Waals surface area (Å²) in [4.78, 5) is 14.0. The molecular formula is C17H16FNO.